The average Bonchev–Trinajstić information content (AvgIpc) is 3.36. The number of fused-ring (bicyclic) bond motifs is 2. The van der Waals surface area contributed by atoms with Crippen molar-refractivity contribution in [2.45, 2.75) is 36.6 Å². The number of para-hydroxylation sites is 1. The van der Waals surface area contributed by atoms with E-state index in [-0.39, 0.29) is 23.4 Å². The molecule has 154 valence electrons. The van der Waals surface area contributed by atoms with Crippen molar-refractivity contribution in [3.05, 3.63) is 54.6 Å². The van der Waals surface area contributed by atoms with Gasteiger partial charge in [-0.05, 0) is 67.5 Å². The second-order valence-electron chi connectivity index (χ2n) is 7.87. The zero-order valence-corrected chi connectivity index (χ0v) is 17.3. The van der Waals surface area contributed by atoms with Crippen LogP contribution in [-0.4, -0.2) is 34.0 Å². The molecule has 1 N–H and O–H groups in total. The Balaban J connectivity index is 1.57. The summed E-state index contributed by atoms with van der Waals surface area (Å²) in [5.41, 5.74) is 0.464. The lowest BCUT2D eigenvalue weighted by Gasteiger charge is -2.27. The molecule has 0 radical (unpaired) electrons. The van der Waals surface area contributed by atoms with E-state index in [1.807, 2.05) is 6.07 Å². The van der Waals surface area contributed by atoms with E-state index in [4.69, 9.17) is 4.74 Å². The molecule has 2 fully saturated rings. The molecule has 2 bridgehead atoms. The fourth-order valence-corrected chi connectivity index (χ4v) is 6.01. The first-order valence-electron chi connectivity index (χ1n) is 9.98. The number of amides is 1. The Morgan fingerprint density at radius 3 is 2.38 bits per heavy atom. The van der Waals surface area contributed by atoms with Crippen molar-refractivity contribution in [2.75, 3.05) is 18.0 Å². The second-order valence-corrected chi connectivity index (χ2v) is 9.73. The molecule has 7 heteroatoms. The zero-order valence-electron chi connectivity index (χ0n) is 16.5. The van der Waals surface area contributed by atoms with Crippen molar-refractivity contribution >= 4 is 21.6 Å². The molecule has 4 rings (SSSR count). The molecule has 2 aliphatic carbocycles. The summed E-state index contributed by atoms with van der Waals surface area (Å²) in [6.07, 6.45) is 4.59. The molecule has 0 aromatic heterocycles. The third-order valence-corrected chi connectivity index (χ3v) is 7.85. The predicted octanol–water partition coefficient (Wildman–Crippen LogP) is 3.20. The highest BCUT2D eigenvalue weighted by Gasteiger charge is 2.40. The number of hydrogen-bond acceptors (Lipinski definition) is 4. The fraction of sp³-hybridized carbons (Fsp3) is 0.409. The van der Waals surface area contributed by atoms with E-state index < -0.39 is 10.0 Å². The SMILES string of the molecule is COc1ccc(S(=O)(=O)N(CC(=O)N[C@H]2C[C@@H]3CC[C@@H]2C3)c2ccccc2)cc1. The first kappa shape index (κ1) is 19.8. The summed E-state index contributed by atoms with van der Waals surface area (Å²) in [5.74, 6) is 1.55. The van der Waals surface area contributed by atoms with Gasteiger partial charge in [0.25, 0.3) is 10.0 Å². The third-order valence-electron chi connectivity index (χ3n) is 6.06. The van der Waals surface area contributed by atoms with Crippen LogP contribution in [0.4, 0.5) is 5.69 Å². The van der Waals surface area contributed by atoms with E-state index in [0.717, 1.165) is 12.8 Å². The van der Waals surface area contributed by atoms with Crippen LogP contribution in [0.2, 0.25) is 0 Å². The van der Waals surface area contributed by atoms with Crippen molar-refractivity contribution in [2.24, 2.45) is 11.8 Å². The number of hydrogen-bond donors (Lipinski definition) is 1. The molecule has 0 aliphatic heterocycles. The largest absolute Gasteiger partial charge is 0.497 e. The number of carbonyl (C=O) groups excluding carboxylic acids is 1. The lowest BCUT2D eigenvalue weighted by molar-refractivity contribution is -0.120. The Morgan fingerprint density at radius 2 is 1.79 bits per heavy atom. The molecule has 29 heavy (non-hydrogen) atoms. The number of carbonyl (C=O) groups is 1. The third kappa shape index (κ3) is 4.10. The Labute approximate surface area is 171 Å². The molecule has 0 saturated heterocycles. The van der Waals surface area contributed by atoms with Gasteiger partial charge in [0.05, 0.1) is 17.7 Å². The minimum Gasteiger partial charge on any atom is -0.497 e. The summed E-state index contributed by atoms with van der Waals surface area (Å²) in [4.78, 5) is 12.9. The molecule has 2 aromatic carbocycles. The van der Waals surface area contributed by atoms with Crippen LogP contribution in [0.1, 0.15) is 25.7 Å². The minimum absolute atomic E-state index is 0.120. The zero-order chi connectivity index (χ0) is 20.4. The topological polar surface area (TPSA) is 75.7 Å². The van der Waals surface area contributed by atoms with Crippen molar-refractivity contribution in [3.8, 4) is 5.75 Å². The number of benzene rings is 2. The molecular weight excluding hydrogens is 388 g/mol. The Hall–Kier alpha value is -2.54. The van der Waals surface area contributed by atoms with Gasteiger partial charge in [0, 0.05) is 6.04 Å². The molecule has 0 heterocycles. The molecule has 3 atom stereocenters. The van der Waals surface area contributed by atoms with Crippen molar-refractivity contribution in [1.82, 2.24) is 5.32 Å². The molecule has 2 aromatic rings. The molecule has 1 amide bonds. The molecule has 2 aliphatic rings. The number of ether oxygens (including phenoxy) is 1. The smallest absolute Gasteiger partial charge is 0.264 e. The molecular formula is C22H26N2O4S. The van der Waals surface area contributed by atoms with Gasteiger partial charge in [-0.15, -0.1) is 0 Å². The monoisotopic (exact) mass is 414 g/mol. The first-order valence-corrected chi connectivity index (χ1v) is 11.4. The van der Waals surface area contributed by atoms with E-state index in [2.05, 4.69) is 5.32 Å². The van der Waals surface area contributed by atoms with Crippen LogP contribution in [0.25, 0.3) is 0 Å². The first-order chi connectivity index (χ1) is 14.0. The fourth-order valence-electron chi connectivity index (χ4n) is 4.59. The van der Waals surface area contributed by atoms with E-state index in [1.165, 1.54) is 36.4 Å². The van der Waals surface area contributed by atoms with Crippen molar-refractivity contribution in [3.63, 3.8) is 0 Å². The summed E-state index contributed by atoms with van der Waals surface area (Å²) in [7, 11) is -2.37. The maximum atomic E-state index is 13.3. The molecule has 0 unspecified atom stereocenters. The van der Waals surface area contributed by atoms with Crippen LogP contribution in [-0.2, 0) is 14.8 Å². The Morgan fingerprint density at radius 1 is 1.07 bits per heavy atom. The lowest BCUT2D eigenvalue weighted by Crippen LogP contribution is -2.45. The average molecular weight is 415 g/mol. The minimum atomic E-state index is -3.90. The quantitative estimate of drug-likeness (QED) is 0.755. The molecule has 2 saturated carbocycles. The Kier molecular flexibility index (Phi) is 5.50. The molecule has 6 nitrogen and oxygen atoms in total. The van der Waals surface area contributed by atoms with Gasteiger partial charge < -0.3 is 10.1 Å². The maximum absolute atomic E-state index is 13.3. The van der Waals surface area contributed by atoms with Crippen LogP contribution in [0.15, 0.2) is 59.5 Å². The van der Waals surface area contributed by atoms with Gasteiger partial charge in [0.2, 0.25) is 5.91 Å². The van der Waals surface area contributed by atoms with Crippen LogP contribution >= 0.6 is 0 Å². The lowest BCUT2D eigenvalue weighted by atomic mass is 9.95. The van der Waals surface area contributed by atoms with Gasteiger partial charge >= 0.3 is 0 Å². The number of methoxy groups -OCH3 is 1. The number of sulfonamides is 1. The van der Waals surface area contributed by atoms with Crippen molar-refractivity contribution < 1.29 is 17.9 Å². The second kappa shape index (κ2) is 8.06. The van der Waals surface area contributed by atoms with Gasteiger partial charge in [-0.1, -0.05) is 24.6 Å². The van der Waals surface area contributed by atoms with Gasteiger partial charge in [-0.25, -0.2) is 8.42 Å². The van der Waals surface area contributed by atoms with Crippen LogP contribution in [0.5, 0.6) is 5.75 Å². The normalized spacial score (nSPS) is 23.0. The summed E-state index contributed by atoms with van der Waals surface area (Å²) in [5, 5.41) is 3.09. The summed E-state index contributed by atoms with van der Waals surface area (Å²) in [6, 6.07) is 15.1. The maximum Gasteiger partial charge on any atom is 0.264 e. The van der Waals surface area contributed by atoms with Gasteiger partial charge in [-0.3, -0.25) is 9.10 Å². The number of nitrogens with zero attached hydrogens (tertiary/aromatic N) is 1. The van der Waals surface area contributed by atoms with E-state index >= 15 is 0 Å². The molecule has 0 spiro atoms. The standard InChI is InChI=1S/C22H26N2O4S/c1-28-19-9-11-20(12-10-19)29(26,27)24(18-5-3-2-4-6-18)15-22(25)23-21-14-16-7-8-17(21)13-16/h2-6,9-12,16-17,21H,7-8,13-15H2,1H3,(H,23,25)/t16-,17-,21+/m1/s1. The van der Waals surface area contributed by atoms with Crippen LogP contribution in [0, 0.1) is 11.8 Å². The van der Waals surface area contributed by atoms with Gasteiger partial charge in [-0.2, -0.15) is 0 Å². The van der Waals surface area contributed by atoms with Crippen LogP contribution in [0.3, 0.4) is 0 Å². The predicted molar refractivity (Wildman–Crippen MR) is 111 cm³/mol. The summed E-state index contributed by atoms with van der Waals surface area (Å²) < 4.78 is 33.0. The van der Waals surface area contributed by atoms with E-state index in [1.54, 1.807) is 36.4 Å². The van der Waals surface area contributed by atoms with Gasteiger partial charge in [0.15, 0.2) is 0 Å². The van der Waals surface area contributed by atoms with E-state index in [9.17, 15) is 13.2 Å². The number of nitrogens with one attached hydrogen (secondary N) is 1. The highest BCUT2D eigenvalue weighted by atomic mass is 32.2. The summed E-state index contributed by atoms with van der Waals surface area (Å²) in [6.45, 7) is -0.244. The van der Waals surface area contributed by atoms with E-state index in [0.29, 0.717) is 23.3 Å². The number of rotatable bonds is 7. The number of anilines is 1. The Bertz CT molecular complexity index is 960. The van der Waals surface area contributed by atoms with Crippen LogP contribution < -0.4 is 14.4 Å². The highest BCUT2D eigenvalue weighted by molar-refractivity contribution is 7.92. The van der Waals surface area contributed by atoms with Crippen molar-refractivity contribution in [1.29, 1.82) is 0 Å². The highest BCUT2D eigenvalue weighted by Crippen LogP contribution is 2.44. The summed E-state index contributed by atoms with van der Waals surface area (Å²) >= 11 is 0. The van der Waals surface area contributed by atoms with Gasteiger partial charge in [0.1, 0.15) is 12.3 Å².